The Morgan fingerprint density at radius 2 is 0.836 bits per heavy atom. The van der Waals surface area contributed by atoms with Gasteiger partial charge in [0.1, 0.15) is 11.2 Å². The highest BCUT2D eigenvalue weighted by atomic mass is 16.3. The molecule has 0 radical (unpaired) electrons. The van der Waals surface area contributed by atoms with Crippen LogP contribution in [0.25, 0.3) is 111 Å². The molecule has 0 fully saturated rings. The molecule has 11 aromatic rings. The maximum Gasteiger partial charge on any atom is 0.164 e. The first-order valence-corrected chi connectivity index (χ1v) is 18.5. The zero-order valence-electron chi connectivity index (χ0n) is 29.6. The molecular formula is C51H31N3O. The highest BCUT2D eigenvalue weighted by Crippen LogP contribution is 2.42. The Balaban J connectivity index is 1.13. The lowest BCUT2D eigenvalue weighted by Crippen LogP contribution is -2.01. The molecule has 0 unspecified atom stereocenters. The molecule has 4 nitrogen and oxygen atoms in total. The van der Waals surface area contributed by atoms with Crippen LogP contribution in [0.1, 0.15) is 0 Å². The Hall–Kier alpha value is -7.43. The molecule has 55 heavy (non-hydrogen) atoms. The van der Waals surface area contributed by atoms with Crippen LogP contribution in [0.2, 0.25) is 0 Å². The second kappa shape index (κ2) is 12.6. The third kappa shape index (κ3) is 5.34. The van der Waals surface area contributed by atoms with E-state index in [0.717, 1.165) is 76.7 Å². The Morgan fingerprint density at radius 3 is 1.56 bits per heavy atom. The van der Waals surface area contributed by atoms with Crippen molar-refractivity contribution in [1.29, 1.82) is 0 Å². The minimum absolute atomic E-state index is 0.592. The molecule has 0 spiro atoms. The molecule has 11 rings (SSSR count). The second-order valence-corrected chi connectivity index (χ2v) is 14.0. The fraction of sp³-hybridized carbons (Fsp3) is 0. The normalized spacial score (nSPS) is 11.6. The van der Waals surface area contributed by atoms with E-state index >= 15 is 0 Å². The Kier molecular flexibility index (Phi) is 7.14. The topological polar surface area (TPSA) is 51.8 Å². The third-order valence-corrected chi connectivity index (χ3v) is 10.7. The van der Waals surface area contributed by atoms with Crippen LogP contribution in [0.5, 0.6) is 0 Å². The van der Waals surface area contributed by atoms with Crippen molar-refractivity contribution in [2.75, 3.05) is 0 Å². The number of fused-ring (bicyclic) bond motifs is 7. The zero-order chi connectivity index (χ0) is 36.3. The molecule has 0 aliphatic carbocycles. The highest BCUT2D eigenvalue weighted by Gasteiger charge is 2.20. The van der Waals surface area contributed by atoms with E-state index in [0.29, 0.717) is 17.5 Å². The van der Waals surface area contributed by atoms with Gasteiger partial charge in [-0.15, -0.1) is 0 Å². The molecule has 0 atom stereocenters. The molecule has 256 valence electrons. The molecule has 0 bridgehead atoms. The fourth-order valence-electron chi connectivity index (χ4n) is 7.97. The van der Waals surface area contributed by atoms with Gasteiger partial charge in [-0.1, -0.05) is 164 Å². The van der Waals surface area contributed by atoms with Gasteiger partial charge in [0, 0.05) is 33.0 Å². The largest absolute Gasteiger partial charge is 0.455 e. The lowest BCUT2D eigenvalue weighted by atomic mass is 9.97. The predicted octanol–water partition coefficient (Wildman–Crippen LogP) is 13.6. The van der Waals surface area contributed by atoms with Gasteiger partial charge >= 0.3 is 0 Å². The van der Waals surface area contributed by atoms with E-state index in [1.54, 1.807) is 0 Å². The summed E-state index contributed by atoms with van der Waals surface area (Å²) in [7, 11) is 0. The van der Waals surface area contributed by atoms with Crippen molar-refractivity contribution in [3.63, 3.8) is 0 Å². The van der Waals surface area contributed by atoms with Crippen molar-refractivity contribution in [2.24, 2.45) is 0 Å². The number of para-hydroxylation sites is 1. The van der Waals surface area contributed by atoms with Gasteiger partial charge in [-0.2, -0.15) is 0 Å². The fourth-order valence-corrected chi connectivity index (χ4v) is 7.97. The predicted molar refractivity (Wildman–Crippen MR) is 227 cm³/mol. The molecule has 2 aromatic heterocycles. The van der Waals surface area contributed by atoms with Gasteiger partial charge in [-0.25, -0.2) is 15.0 Å². The standard InChI is InChI=1S/C51H31N3O/c1-3-12-32(13-4-1)36-23-24-38-30-40(27-25-37(38)28-36)50-52-49(39-26-22-33-14-7-8-17-35(33)29-39)53-51(54-50)45-31-46-47(43-19-10-9-18-42(43)45)44-21-11-20-41(48(44)55-46)34-15-5-2-6-16-34/h1-31H. The number of hydrogen-bond donors (Lipinski definition) is 0. The molecule has 0 aliphatic heterocycles. The smallest absolute Gasteiger partial charge is 0.164 e. The first-order chi connectivity index (χ1) is 27.2. The Bertz CT molecular complexity index is 3260. The van der Waals surface area contributed by atoms with Gasteiger partial charge in [0.25, 0.3) is 0 Å². The van der Waals surface area contributed by atoms with Crippen molar-refractivity contribution in [3.05, 3.63) is 188 Å². The molecule has 0 saturated carbocycles. The molecule has 0 N–H and O–H groups in total. The van der Waals surface area contributed by atoms with Crippen molar-refractivity contribution < 1.29 is 4.42 Å². The van der Waals surface area contributed by atoms with Crippen LogP contribution in [-0.2, 0) is 0 Å². The first-order valence-electron chi connectivity index (χ1n) is 18.5. The summed E-state index contributed by atoms with van der Waals surface area (Å²) in [4.78, 5) is 15.6. The van der Waals surface area contributed by atoms with Crippen LogP contribution in [0.4, 0.5) is 0 Å². The molecule has 9 aromatic carbocycles. The number of rotatable bonds is 5. The average molecular weight is 702 g/mol. The summed E-state index contributed by atoms with van der Waals surface area (Å²) in [5, 5.41) is 8.89. The van der Waals surface area contributed by atoms with Crippen LogP contribution in [0.15, 0.2) is 192 Å². The molecule has 0 aliphatic rings. The summed E-state index contributed by atoms with van der Waals surface area (Å²) in [5.74, 6) is 1.82. The lowest BCUT2D eigenvalue weighted by molar-refractivity contribution is 0.670. The summed E-state index contributed by atoms with van der Waals surface area (Å²) in [6, 6.07) is 65.7. The van der Waals surface area contributed by atoms with Crippen LogP contribution in [0.3, 0.4) is 0 Å². The summed E-state index contributed by atoms with van der Waals surface area (Å²) in [6.45, 7) is 0. The average Bonchev–Trinajstić information content (AvgIpc) is 3.65. The van der Waals surface area contributed by atoms with E-state index in [1.165, 1.54) is 16.5 Å². The van der Waals surface area contributed by atoms with Crippen LogP contribution in [-0.4, -0.2) is 15.0 Å². The summed E-state index contributed by atoms with van der Waals surface area (Å²) >= 11 is 0. The van der Waals surface area contributed by atoms with Crippen molar-refractivity contribution >= 4 is 54.3 Å². The summed E-state index contributed by atoms with van der Waals surface area (Å²) in [5.41, 5.74) is 8.96. The number of nitrogens with zero attached hydrogens (tertiary/aromatic N) is 3. The number of hydrogen-bond acceptors (Lipinski definition) is 4. The molecule has 0 saturated heterocycles. The van der Waals surface area contributed by atoms with Crippen LogP contribution < -0.4 is 0 Å². The zero-order valence-corrected chi connectivity index (χ0v) is 29.6. The minimum atomic E-state index is 0.592. The van der Waals surface area contributed by atoms with Gasteiger partial charge in [0.2, 0.25) is 0 Å². The van der Waals surface area contributed by atoms with Crippen molar-refractivity contribution in [2.45, 2.75) is 0 Å². The summed E-state index contributed by atoms with van der Waals surface area (Å²) < 4.78 is 6.80. The Morgan fingerprint density at radius 1 is 0.309 bits per heavy atom. The van der Waals surface area contributed by atoms with Gasteiger partial charge in [-0.05, 0) is 73.3 Å². The van der Waals surface area contributed by atoms with E-state index in [1.807, 2.05) is 12.1 Å². The first kappa shape index (κ1) is 31.1. The SMILES string of the molecule is c1ccc(-c2ccc3cc(-c4nc(-c5ccc6ccccc6c5)nc(-c5cc6oc7c(-c8ccccc8)cccc7c6c6ccccc56)n4)ccc3c2)cc1. The van der Waals surface area contributed by atoms with Crippen molar-refractivity contribution in [1.82, 2.24) is 15.0 Å². The maximum absolute atomic E-state index is 6.80. The van der Waals surface area contributed by atoms with Crippen LogP contribution >= 0.6 is 0 Å². The Labute approximate surface area is 317 Å². The van der Waals surface area contributed by atoms with Crippen LogP contribution in [0, 0.1) is 0 Å². The van der Waals surface area contributed by atoms with E-state index in [-0.39, 0.29) is 0 Å². The lowest BCUT2D eigenvalue weighted by Gasteiger charge is -2.12. The minimum Gasteiger partial charge on any atom is -0.455 e. The van der Waals surface area contributed by atoms with E-state index < -0.39 is 0 Å². The maximum atomic E-state index is 6.80. The van der Waals surface area contributed by atoms with E-state index in [2.05, 4.69) is 176 Å². The van der Waals surface area contributed by atoms with E-state index in [9.17, 15) is 0 Å². The van der Waals surface area contributed by atoms with E-state index in [4.69, 9.17) is 19.4 Å². The number of aromatic nitrogens is 3. The van der Waals surface area contributed by atoms with Gasteiger partial charge in [0.15, 0.2) is 17.5 Å². The monoisotopic (exact) mass is 701 g/mol. The van der Waals surface area contributed by atoms with Gasteiger partial charge in [0.05, 0.1) is 0 Å². The number of furan rings is 1. The molecule has 0 amide bonds. The quantitative estimate of drug-likeness (QED) is 0.179. The van der Waals surface area contributed by atoms with Gasteiger partial charge in [-0.3, -0.25) is 0 Å². The molecular weight excluding hydrogens is 671 g/mol. The molecule has 4 heteroatoms. The highest BCUT2D eigenvalue weighted by molar-refractivity contribution is 6.23. The second-order valence-electron chi connectivity index (χ2n) is 14.0. The molecule has 2 heterocycles. The van der Waals surface area contributed by atoms with Gasteiger partial charge < -0.3 is 4.42 Å². The van der Waals surface area contributed by atoms with Crippen molar-refractivity contribution in [3.8, 4) is 56.4 Å². The summed E-state index contributed by atoms with van der Waals surface area (Å²) in [6.07, 6.45) is 0. The third-order valence-electron chi connectivity index (χ3n) is 10.7. The number of benzene rings is 9.